The lowest BCUT2D eigenvalue weighted by molar-refractivity contribution is 0.0691. The molecule has 0 unspecified atom stereocenters. The number of ether oxygens (including phenoxy) is 1. The highest BCUT2D eigenvalue weighted by atomic mass is 16.5. The summed E-state index contributed by atoms with van der Waals surface area (Å²) in [5.74, 6) is -0.703. The monoisotopic (exact) mass is 286 g/mol. The Morgan fingerprint density at radius 2 is 2.14 bits per heavy atom. The number of carbonyl (C=O) groups is 1. The maximum Gasteiger partial charge on any atom is 0.342 e. The Bertz CT molecular complexity index is 737. The molecule has 0 bridgehead atoms. The minimum absolute atomic E-state index is 0.0185. The summed E-state index contributed by atoms with van der Waals surface area (Å²) in [6.07, 6.45) is 2.41. The van der Waals surface area contributed by atoms with Crippen LogP contribution in [0, 0.1) is 0 Å². The van der Waals surface area contributed by atoms with Crippen LogP contribution in [0.1, 0.15) is 16.2 Å². The molecular formula is C13H10N4O4. The molecule has 1 N–H and O–H groups in total. The minimum Gasteiger partial charge on any atom is -0.477 e. The first-order valence-electron chi connectivity index (χ1n) is 6.00. The van der Waals surface area contributed by atoms with Crippen molar-refractivity contribution < 1.29 is 19.2 Å². The van der Waals surface area contributed by atoms with E-state index in [9.17, 15) is 9.90 Å². The predicted molar refractivity (Wildman–Crippen MR) is 69.2 cm³/mol. The zero-order valence-corrected chi connectivity index (χ0v) is 10.7. The third kappa shape index (κ3) is 2.59. The summed E-state index contributed by atoms with van der Waals surface area (Å²) in [6.45, 7) is -0.0185. The molecule has 2 heterocycles. The van der Waals surface area contributed by atoms with Crippen molar-refractivity contribution in [3.63, 3.8) is 0 Å². The van der Waals surface area contributed by atoms with Crippen LogP contribution in [0.5, 0.6) is 5.88 Å². The Kier molecular flexibility index (Phi) is 3.34. The second kappa shape index (κ2) is 5.45. The summed E-state index contributed by atoms with van der Waals surface area (Å²) in [5, 5.41) is 16.9. The normalized spacial score (nSPS) is 10.5. The third-order valence-electron chi connectivity index (χ3n) is 2.70. The molecule has 106 valence electrons. The topological polar surface area (TPSA) is 103 Å². The van der Waals surface area contributed by atoms with E-state index in [0.717, 1.165) is 0 Å². The van der Waals surface area contributed by atoms with Crippen LogP contribution in [-0.4, -0.2) is 31.0 Å². The number of aromatic nitrogens is 4. The molecule has 0 spiro atoms. The van der Waals surface area contributed by atoms with Crippen molar-refractivity contribution in [3.8, 4) is 11.6 Å². The Labute approximate surface area is 118 Å². The Morgan fingerprint density at radius 1 is 1.33 bits per heavy atom. The number of carboxylic acid groups (broad SMARTS) is 1. The quantitative estimate of drug-likeness (QED) is 0.758. The highest BCUT2D eigenvalue weighted by Gasteiger charge is 2.20. The average molecular weight is 286 g/mol. The van der Waals surface area contributed by atoms with E-state index in [1.165, 1.54) is 17.3 Å². The van der Waals surface area contributed by atoms with Crippen LogP contribution in [0.25, 0.3) is 5.69 Å². The van der Waals surface area contributed by atoms with Crippen LogP contribution >= 0.6 is 0 Å². The van der Waals surface area contributed by atoms with Crippen molar-refractivity contribution in [1.29, 1.82) is 0 Å². The van der Waals surface area contributed by atoms with Gasteiger partial charge in [-0.05, 0) is 12.1 Å². The summed E-state index contributed by atoms with van der Waals surface area (Å²) in [4.78, 5) is 15.1. The first-order chi connectivity index (χ1) is 10.3. The lowest BCUT2D eigenvalue weighted by Crippen LogP contribution is -2.07. The van der Waals surface area contributed by atoms with Gasteiger partial charge < -0.3 is 14.4 Å². The van der Waals surface area contributed by atoms with E-state index in [1.54, 1.807) is 12.1 Å². The van der Waals surface area contributed by atoms with Gasteiger partial charge in [0.25, 0.3) is 0 Å². The lowest BCUT2D eigenvalue weighted by Gasteiger charge is -2.08. The molecule has 3 aromatic rings. The molecule has 8 heteroatoms. The van der Waals surface area contributed by atoms with Gasteiger partial charge in [-0.15, -0.1) is 0 Å². The molecule has 0 aliphatic rings. The minimum atomic E-state index is -1.12. The van der Waals surface area contributed by atoms with Gasteiger partial charge in [-0.1, -0.05) is 23.4 Å². The van der Waals surface area contributed by atoms with Crippen molar-refractivity contribution in [2.75, 3.05) is 0 Å². The zero-order chi connectivity index (χ0) is 14.7. The van der Waals surface area contributed by atoms with Gasteiger partial charge in [-0.3, -0.25) is 0 Å². The fourth-order valence-corrected chi connectivity index (χ4v) is 1.76. The van der Waals surface area contributed by atoms with Gasteiger partial charge >= 0.3 is 5.97 Å². The third-order valence-corrected chi connectivity index (χ3v) is 2.70. The molecule has 1 aromatic carbocycles. The number of rotatable bonds is 5. The molecule has 0 atom stereocenters. The van der Waals surface area contributed by atoms with Crippen molar-refractivity contribution in [1.82, 2.24) is 19.9 Å². The van der Waals surface area contributed by atoms with Crippen LogP contribution in [0.15, 0.2) is 47.4 Å². The maximum atomic E-state index is 11.2. The number of nitrogens with zero attached hydrogens (tertiary/aromatic N) is 4. The molecule has 0 amide bonds. The van der Waals surface area contributed by atoms with Gasteiger partial charge in [0.05, 0.1) is 11.9 Å². The first kappa shape index (κ1) is 12.9. The highest BCUT2D eigenvalue weighted by Crippen LogP contribution is 2.23. The fourth-order valence-electron chi connectivity index (χ4n) is 1.76. The molecule has 0 saturated heterocycles. The van der Waals surface area contributed by atoms with Crippen LogP contribution in [0.2, 0.25) is 0 Å². The van der Waals surface area contributed by atoms with Gasteiger partial charge in [0.2, 0.25) is 18.1 Å². The molecular weight excluding hydrogens is 276 g/mol. The standard InChI is InChI=1S/C13H10N4O4/c18-13(19)10-6-15-17(9-4-2-1-3-5-9)12(10)20-7-11-14-8-21-16-11/h1-6,8H,7H2,(H,18,19). The highest BCUT2D eigenvalue weighted by molar-refractivity contribution is 5.90. The smallest absolute Gasteiger partial charge is 0.342 e. The molecule has 8 nitrogen and oxygen atoms in total. The molecule has 0 fully saturated rings. The summed E-state index contributed by atoms with van der Waals surface area (Å²) < 4.78 is 11.5. The van der Waals surface area contributed by atoms with E-state index < -0.39 is 5.97 Å². The second-order valence-electron chi connectivity index (χ2n) is 4.05. The molecule has 3 rings (SSSR count). The van der Waals surface area contributed by atoms with Crippen LogP contribution in [-0.2, 0) is 6.61 Å². The first-order valence-corrected chi connectivity index (χ1v) is 6.00. The van der Waals surface area contributed by atoms with E-state index >= 15 is 0 Å². The molecule has 21 heavy (non-hydrogen) atoms. The average Bonchev–Trinajstić information content (AvgIpc) is 3.15. The Hall–Kier alpha value is -3.16. The SMILES string of the molecule is O=C(O)c1cnn(-c2ccccc2)c1OCc1ncon1. The van der Waals surface area contributed by atoms with E-state index in [-0.39, 0.29) is 18.1 Å². The largest absolute Gasteiger partial charge is 0.477 e. The lowest BCUT2D eigenvalue weighted by atomic mass is 10.3. The summed E-state index contributed by atoms with van der Waals surface area (Å²) in [6, 6.07) is 9.07. The number of benzene rings is 1. The van der Waals surface area contributed by atoms with Gasteiger partial charge in [0.1, 0.15) is 5.56 Å². The van der Waals surface area contributed by atoms with Crippen LogP contribution in [0.4, 0.5) is 0 Å². The van der Waals surface area contributed by atoms with Crippen molar-refractivity contribution in [2.45, 2.75) is 6.61 Å². The van der Waals surface area contributed by atoms with Crippen molar-refractivity contribution in [3.05, 3.63) is 54.3 Å². The number of para-hydroxylation sites is 1. The van der Waals surface area contributed by atoms with Gasteiger partial charge in [0.15, 0.2) is 6.61 Å². The zero-order valence-electron chi connectivity index (χ0n) is 10.7. The van der Waals surface area contributed by atoms with Gasteiger partial charge in [0, 0.05) is 0 Å². The van der Waals surface area contributed by atoms with E-state index in [1.807, 2.05) is 18.2 Å². The van der Waals surface area contributed by atoms with Crippen molar-refractivity contribution in [2.24, 2.45) is 0 Å². The Morgan fingerprint density at radius 3 is 2.81 bits per heavy atom. The van der Waals surface area contributed by atoms with Crippen LogP contribution in [0.3, 0.4) is 0 Å². The maximum absolute atomic E-state index is 11.2. The summed E-state index contributed by atoms with van der Waals surface area (Å²) in [7, 11) is 0. The molecule has 0 aliphatic heterocycles. The fraction of sp³-hybridized carbons (Fsp3) is 0.0769. The second-order valence-corrected chi connectivity index (χ2v) is 4.05. The molecule has 0 saturated carbocycles. The number of carboxylic acids is 1. The van der Waals surface area contributed by atoms with Gasteiger partial charge in [-0.25, -0.2) is 9.48 Å². The van der Waals surface area contributed by atoms with Crippen LogP contribution < -0.4 is 4.74 Å². The molecule has 0 radical (unpaired) electrons. The van der Waals surface area contributed by atoms with Gasteiger partial charge in [-0.2, -0.15) is 10.1 Å². The van der Waals surface area contributed by atoms with E-state index in [0.29, 0.717) is 11.5 Å². The Balaban J connectivity index is 1.95. The summed E-state index contributed by atoms with van der Waals surface area (Å²) >= 11 is 0. The van der Waals surface area contributed by atoms with E-state index in [4.69, 9.17) is 4.74 Å². The predicted octanol–water partition coefficient (Wildman–Crippen LogP) is 1.53. The van der Waals surface area contributed by atoms with E-state index in [2.05, 4.69) is 19.8 Å². The summed E-state index contributed by atoms with van der Waals surface area (Å²) in [5.41, 5.74) is 0.649. The number of hydrogen-bond acceptors (Lipinski definition) is 6. The molecule has 2 aromatic heterocycles. The number of aromatic carboxylic acids is 1. The van der Waals surface area contributed by atoms with Crippen molar-refractivity contribution >= 4 is 5.97 Å². The number of hydrogen-bond donors (Lipinski definition) is 1. The molecule has 0 aliphatic carbocycles.